The number of carbonyl (C=O) groups excluding carboxylic acids is 1. The van der Waals surface area contributed by atoms with E-state index in [4.69, 9.17) is 18.9 Å². The lowest BCUT2D eigenvalue weighted by atomic mass is 9.97. The average Bonchev–Trinajstić information content (AvgIpc) is 0.790. The van der Waals surface area contributed by atoms with E-state index in [1.54, 1.807) is 6.08 Å². The Bertz CT molecular complexity index is 1770. The minimum atomic E-state index is -1.79. The van der Waals surface area contributed by atoms with Crippen LogP contribution in [0.3, 0.4) is 0 Å². The van der Waals surface area contributed by atoms with E-state index in [2.05, 4.69) is 31.3 Å². The summed E-state index contributed by atoms with van der Waals surface area (Å²) in [6, 6.07) is -0.931. The second-order valence-electron chi connectivity index (χ2n) is 31.0. The van der Waals surface area contributed by atoms with Gasteiger partial charge in [-0.2, -0.15) is 0 Å². The first kappa shape index (κ1) is 94.6. The molecule has 2 heterocycles. The summed E-state index contributed by atoms with van der Waals surface area (Å²) in [6.07, 6.45) is 76.0. The van der Waals surface area contributed by atoms with Crippen LogP contribution in [0.15, 0.2) is 24.3 Å². The Kier molecular flexibility index (Phi) is 66.6. The van der Waals surface area contributed by atoms with Crippen LogP contribution >= 0.6 is 0 Å². The van der Waals surface area contributed by atoms with Crippen LogP contribution in [0.4, 0.5) is 0 Å². The van der Waals surface area contributed by atoms with Crippen LogP contribution in [0.5, 0.6) is 0 Å². The topological polar surface area (TPSA) is 228 Å². The van der Waals surface area contributed by atoms with E-state index in [1.165, 1.54) is 360 Å². The molecule has 100 heavy (non-hydrogen) atoms. The monoisotopic (exact) mass is 1420 g/mol. The van der Waals surface area contributed by atoms with Crippen LogP contribution in [-0.2, 0) is 23.7 Å². The highest BCUT2D eigenvalue weighted by Gasteiger charge is 2.51. The van der Waals surface area contributed by atoms with Crippen molar-refractivity contribution in [3.8, 4) is 0 Å². The molecule has 14 heteroatoms. The molecule has 0 aromatic carbocycles. The van der Waals surface area contributed by atoms with Crippen molar-refractivity contribution in [3.63, 3.8) is 0 Å². The van der Waals surface area contributed by atoms with E-state index in [-0.39, 0.29) is 18.9 Å². The van der Waals surface area contributed by atoms with Crippen molar-refractivity contribution in [2.45, 2.75) is 498 Å². The maximum atomic E-state index is 13.4. The first-order chi connectivity index (χ1) is 49.1. The number of unbranched alkanes of at least 4 members (excludes halogenated alkanes) is 60. The highest BCUT2D eigenvalue weighted by molar-refractivity contribution is 5.76. The van der Waals surface area contributed by atoms with Gasteiger partial charge in [0.25, 0.3) is 0 Å². The molecule has 2 aliphatic rings. The molecular formula is C86H165NO13. The number of rotatable bonds is 75. The van der Waals surface area contributed by atoms with E-state index < -0.39 is 86.8 Å². The van der Waals surface area contributed by atoms with Gasteiger partial charge in [-0.05, 0) is 32.1 Å². The molecule has 2 saturated heterocycles. The van der Waals surface area contributed by atoms with Crippen molar-refractivity contribution in [2.24, 2.45) is 0 Å². The van der Waals surface area contributed by atoms with Crippen molar-refractivity contribution in [1.29, 1.82) is 0 Å². The highest BCUT2D eigenvalue weighted by Crippen LogP contribution is 2.31. The Morgan fingerprint density at radius 2 is 0.640 bits per heavy atom. The van der Waals surface area contributed by atoms with Crippen LogP contribution in [0.1, 0.15) is 425 Å². The van der Waals surface area contributed by atoms with Crippen molar-refractivity contribution < 1.29 is 64.6 Å². The van der Waals surface area contributed by atoms with Gasteiger partial charge in [0.05, 0.1) is 32.0 Å². The molecule has 9 N–H and O–H groups in total. The molecule has 0 bridgehead atoms. The standard InChI is InChI=1S/C86H165NO13/c1-3-5-7-9-11-13-15-17-19-21-23-25-27-29-30-31-32-33-34-35-36-37-38-39-40-41-42-43-44-46-48-50-52-54-56-58-60-62-64-66-68-70-78(91)87-74(73-97-85-83(96)81(94)84(77(72-89)99-85)100-86-82(95)80(93)79(92)76(71-88)98-86)75(90)69-67-65-63-61-59-57-55-53-51-49-47-45-28-26-24-22-20-18-16-14-12-10-8-6-4-2/h59,61,67,69,74-77,79-86,88-90,92-96H,3-58,60,62-66,68,70-73H2,1-2H3,(H,87,91)/b61-59+,69-67+. The zero-order valence-corrected chi connectivity index (χ0v) is 65.2. The Hall–Kier alpha value is -1.53. The van der Waals surface area contributed by atoms with Crippen molar-refractivity contribution in [2.75, 3.05) is 19.8 Å². The molecule has 592 valence electrons. The molecule has 2 rings (SSSR count). The van der Waals surface area contributed by atoms with Crippen LogP contribution in [0.2, 0.25) is 0 Å². The Morgan fingerprint density at radius 1 is 0.350 bits per heavy atom. The molecule has 0 saturated carbocycles. The van der Waals surface area contributed by atoms with Crippen molar-refractivity contribution in [3.05, 3.63) is 24.3 Å². The fraction of sp³-hybridized carbons (Fsp3) is 0.942. The second-order valence-corrected chi connectivity index (χ2v) is 31.0. The van der Waals surface area contributed by atoms with Gasteiger partial charge in [-0.3, -0.25) is 4.79 Å². The number of amides is 1. The summed E-state index contributed by atoms with van der Waals surface area (Å²) < 4.78 is 22.9. The van der Waals surface area contributed by atoms with Gasteiger partial charge in [-0.25, -0.2) is 0 Å². The minimum Gasteiger partial charge on any atom is -0.394 e. The lowest BCUT2D eigenvalue weighted by Gasteiger charge is -2.46. The third-order valence-corrected chi connectivity index (χ3v) is 21.6. The Morgan fingerprint density at radius 3 is 0.980 bits per heavy atom. The number of carbonyl (C=O) groups is 1. The smallest absolute Gasteiger partial charge is 0.220 e. The van der Waals surface area contributed by atoms with Gasteiger partial charge in [-0.1, -0.05) is 411 Å². The Labute approximate surface area is 615 Å². The number of nitrogens with one attached hydrogen (secondary N) is 1. The van der Waals surface area contributed by atoms with Gasteiger partial charge in [-0.15, -0.1) is 0 Å². The zero-order valence-electron chi connectivity index (χ0n) is 65.2. The number of hydrogen-bond donors (Lipinski definition) is 9. The van der Waals surface area contributed by atoms with E-state index in [9.17, 15) is 45.6 Å². The summed E-state index contributed by atoms with van der Waals surface area (Å²) in [5, 5.41) is 87.7. The van der Waals surface area contributed by atoms with E-state index in [1.807, 2.05) is 6.08 Å². The quantitative estimate of drug-likeness (QED) is 0.0204. The van der Waals surface area contributed by atoms with E-state index >= 15 is 0 Å². The third-order valence-electron chi connectivity index (χ3n) is 21.6. The molecule has 1 amide bonds. The van der Waals surface area contributed by atoms with E-state index in [0.717, 1.165) is 32.1 Å². The van der Waals surface area contributed by atoms with Gasteiger partial charge < -0.3 is 65.1 Å². The summed E-state index contributed by atoms with van der Waals surface area (Å²) >= 11 is 0. The normalized spacial score (nSPS) is 21.9. The fourth-order valence-electron chi connectivity index (χ4n) is 14.8. The summed E-state index contributed by atoms with van der Waals surface area (Å²) in [7, 11) is 0. The molecule has 12 unspecified atom stereocenters. The number of aliphatic hydroxyl groups is 8. The summed E-state index contributed by atoms with van der Waals surface area (Å²) in [6.45, 7) is 2.86. The minimum absolute atomic E-state index is 0.239. The van der Waals surface area contributed by atoms with Crippen molar-refractivity contribution >= 4 is 5.91 Å². The first-order valence-corrected chi connectivity index (χ1v) is 43.6. The highest BCUT2D eigenvalue weighted by atomic mass is 16.7. The number of hydrogen-bond acceptors (Lipinski definition) is 13. The summed E-state index contributed by atoms with van der Waals surface area (Å²) in [5.74, 6) is -0.239. The SMILES string of the molecule is CCCCCCCCCCCCCCCCCCCCC/C=C/CC/C=C/C(O)C(COC1OC(CO)C(OC2OC(CO)C(O)C(O)C2O)C(O)C1O)NC(=O)CCCCCCCCCCCCCCCCCCCCCCCCCCCCCCCCCCCCCCCCCCC. The van der Waals surface area contributed by atoms with Crippen LogP contribution in [0, 0.1) is 0 Å². The molecule has 0 aromatic rings. The molecule has 0 spiro atoms. The number of aliphatic hydroxyl groups excluding tert-OH is 8. The molecule has 2 aliphatic heterocycles. The third kappa shape index (κ3) is 52.5. The van der Waals surface area contributed by atoms with Crippen LogP contribution in [-0.4, -0.2) is 140 Å². The maximum absolute atomic E-state index is 13.4. The molecule has 0 aliphatic carbocycles. The molecular weight excluding hydrogens is 1250 g/mol. The van der Waals surface area contributed by atoms with Gasteiger partial charge in [0.15, 0.2) is 12.6 Å². The van der Waals surface area contributed by atoms with Crippen LogP contribution < -0.4 is 5.32 Å². The van der Waals surface area contributed by atoms with Crippen molar-refractivity contribution in [1.82, 2.24) is 5.32 Å². The molecule has 14 nitrogen and oxygen atoms in total. The second kappa shape index (κ2) is 70.5. The summed E-state index contributed by atoms with van der Waals surface area (Å²) in [5.41, 5.74) is 0. The van der Waals surface area contributed by atoms with Gasteiger partial charge in [0.2, 0.25) is 5.91 Å². The van der Waals surface area contributed by atoms with Gasteiger partial charge in [0.1, 0.15) is 48.8 Å². The first-order valence-electron chi connectivity index (χ1n) is 43.6. The lowest BCUT2D eigenvalue weighted by molar-refractivity contribution is -0.359. The summed E-state index contributed by atoms with van der Waals surface area (Å²) in [4.78, 5) is 13.4. The molecule has 0 aromatic heterocycles. The molecule has 2 fully saturated rings. The predicted molar refractivity (Wildman–Crippen MR) is 415 cm³/mol. The van der Waals surface area contributed by atoms with E-state index in [0.29, 0.717) is 12.8 Å². The number of allylic oxidation sites excluding steroid dienone is 3. The van der Waals surface area contributed by atoms with Gasteiger partial charge in [0, 0.05) is 6.42 Å². The van der Waals surface area contributed by atoms with Crippen LogP contribution in [0.25, 0.3) is 0 Å². The molecule has 0 radical (unpaired) electrons. The fourth-order valence-corrected chi connectivity index (χ4v) is 14.8. The Balaban J connectivity index is 1.55. The average molecular weight is 1420 g/mol. The van der Waals surface area contributed by atoms with Gasteiger partial charge >= 0.3 is 0 Å². The zero-order chi connectivity index (χ0) is 72.2. The largest absolute Gasteiger partial charge is 0.394 e. The number of ether oxygens (including phenoxy) is 4. The maximum Gasteiger partial charge on any atom is 0.220 e. The lowest BCUT2D eigenvalue weighted by Crippen LogP contribution is -2.65. The molecule has 12 atom stereocenters. The predicted octanol–water partition coefficient (Wildman–Crippen LogP) is 20.6.